The highest BCUT2D eigenvalue weighted by Crippen LogP contribution is 2.42. The molecule has 1 aromatic rings. The maximum atomic E-state index is 13.0. The molecule has 0 saturated heterocycles. The number of hydrogen-bond acceptors (Lipinski definition) is 3. The lowest BCUT2D eigenvalue weighted by molar-refractivity contribution is -0.136. The van der Waals surface area contributed by atoms with Crippen molar-refractivity contribution in [2.45, 2.75) is 31.1 Å². The van der Waals surface area contributed by atoms with Gasteiger partial charge in [-0.2, -0.15) is 0 Å². The number of methoxy groups -OCH3 is 1. The van der Waals surface area contributed by atoms with Crippen LogP contribution < -0.4 is 10.1 Å². The number of benzene rings is 1. The summed E-state index contributed by atoms with van der Waals surface area (Å²) in [6.07, 6.45) is 4.14. The van der Waals surface area contributed by atoms with Crippen molar-refractivity contribution in [2.75, 3.05) is 34.3 Å². The average molecular weight is 290 g/mol. The van der Waals surface area contributed by atoms with E-state index in [1.165, 1.54) is 0 Å². The Morgan fingerprint density at radius 3 is 2.43 bits per heavy atom. The standard InChI is InChI=1S/C17H26N2O2/c1-18-12-13-19(2)16(20)17(10-4-5-11-17)14-6-8-15(21-3)9-7-14/h6-9,18H,4-5,10-13H2,1-3H3. The van der Waals surface area contributed by atoms with Crippen LogP contribution in [0.15, 0.2) is 24.3 Å². The molecule has 0 aromatic heterocycles. The summed E-state index contributed by atoms with van der Waals surface area (Å²) in [5, 5.41) is 3.10. The Bertz CT molecular complexity index is 464. The van der Waals surface area contributed by atoms with Crippen molar-refractivity contribution in [1.82, 2.24) is 10.2 Å². The van der Waals surface area contributed by atoms with Crippen molar-refractivity contribution in [3.05, 3.63) is 29.8 Å². The van der Waals surface area contributed by atoms with E-state index < -0.39 is 0 Å². The molecule has 4 nitrogen and oxygen atoms in total. The summed E-state index contributed by atoms with van der Waals surface area (Å²) >= 11 is 0. The average Bonchev–Trinajstić information content (AvgIpc) is 3.02. The third kappa shape index (κ3) is 3.21. The fraction of sp³-hybridized carbons (Fsp3) is 0.588. The minimum atomic E-state index is -0.339. The van der Waals surface area contributed by atoms with E-state index in [2.05, 4.69) is 5.32 Å². The predicted molar refractivity (Wildman–Crippen MR) is 84.7 cm³/mol. The smallest absolute Gasteiger partial charge is 0.233 e. The third-order valence-corrected chi connectivity index (χ3v) is 4.55. The summed E-state index contributed by atoms with van der Waals surface area (Å²) in [6.45, 7) is 1.56. The second kappa shape index (κ2) is 6.94. The van der Waals surface area contributed by atoms with Crippen LogP contribution >= 0.6 is 0 Å². The maximum Gasteiger partial charge on any atom is 0.233 e. The molecule has 1 fully saturated rings. The normalized spacial score (nSPS) is 16.7. The van der Waals surface area contributed by atoms with E-state index in [9.17, 15) is 4.79 Å². The number of carbonyl (C=O) groups excluding carboxylic acids is 1. The number of nitrogens with one attached hydrogen (secondary N) is 1. The van der Waals surface area contributed by atoms with E-state index >= 15 is 0 Å². The highest BCUT2D eigenvalue weighted by Gasteiger charge is 2.44. The van der Waals surface area contributed by atoms with Gasteiger partial charge in [0.1, 0.15) is 5.75 Å². The Kier molecular flexibility index (Phi) is 5.23. The molecule has 1 aliphatic rings. The topological polar surface area (TPSA) is 41.6 Å². The first-order valence-electron chi connectivity index (χ1n) is 7.69. The van der Waals surface area contributed by atoms with Gasteiger partial charge in [-0.3, -0.25) is 4.79 Å². The minimum Gasteiger partial charge on any atom is -0.497 e. The first kappa shape index (κ1) is 15.8. The molecule has 1 N–H and O–H groups in total. The van der Waals surface area contributed by atoms with E-state index in [0.29, 0.717) is 0 Å². The lowest BCUT2D eigenvalue weighted by atomic mass is 9.77. The zero-order valence-electron chi connectivity index (χ0n) is 13.3. The minimum absolute atomic E-state index is 0.250. The van der Waals surface area contributed by atoms with Gasteiger partial charge in [-0.15, -0.1) is 0 Å². The molecule has 0 atom stereocenters. The number of ether oxygens (including phenoxy) is 1. The monoisotopic (exact) mass is 290 g/mol. The summed E-state index contributed by atoms with van der Waals surface area (Å²) in [7, 11) is 5.48. The van der Waals surface area contributed by atoms with Crippen molar-refractivity contribution in [1.29, 1.82) is 0 Å². The van der Waals surface area contributed by atoms with Crippen LogP contribution in [0.1, 0.15) is 31.2 Å². The molecular formula is C17H26N2O2. The van der Waals surface area contributed by atoms with Crippen LogP contribution in [0, 0.1) is 0 Å². The molecule has 0 unspecified atom stereocenters. The first-order chi connectivity index (χ1) is 10.1. The SMILES string of the molecule is CNCCN(C)C(=O)C1(c2ccc(OC)cc2)CCCC1. The summed E-state index contributed by atoms with van der Waals surface area (Å²) in [4.78, 5) is 14.9. The predicted octanol–water partition coefficient (Wildman–Crippen LogP) is 2.18. The van der Waals surface area contributed by atoms with Crippen molar-refractivity contribution < 1.29 is 9.53 Å². The van der Waals surface area contributed by atoms with Gasteiger partial charge < -0.3 is 15.0 Å². The molecule has 0 aliphatic heterocycles. The van der Waals surface area contributed by atoms with Crippen LogP contribution in [0.25, 0.3) is 0 Å². The Morgan fingerprint density at radius 1 is 1.29 bits per heavy atom. The maximum absolute atomic E-state index is 13.0. The number of nitrogens with zero attached hydrogens (tertiary/aromatic N) is 1. The molecule has 0 bridgehead atoms. The Labute approximate surface area is 127 Å². The zero-order valence-corrected chi connectivity index (χ0v) is 13.3. The zero-order chi connectivity index (χ0) is 15.3. The largest absolute Gasteiger partial charge is 0.497 e. The Balaban J connectivity index is 2.24. The van der Waals surface area contributed by atoms with E-state index in [1.807, 2.05) is 43.3 Å². The summed E-state index contributed by atoms with van der Waals surface area (Å²) < 4.78 is 5.22. The van der Waals surface area contributed by atoms with Gasteiger partial charge in [0.15, 0.2) is 0 Å². The van der Waals surface area contributed by atoms with Crippen molar-refractivity contribution in [3.63, 3.8) is 0 Å². The Hall–Kier alpha value is -1.55. The molecule has 116 valence electrons. The van der Waals surface area contributed by atoms with Gasteiger partial charge in [0.2, 0.25) is 5.91 Å². The molecule has 1 aliphatic carbocycles. The van der Waals surface area contributed by atoms with Crippen molar-refractivity contribution in [3.8, 4) is 5.75 Å². The fourth-order valence-corrected chi connectivity index (χ4v) is 3.26. The molecule has 2 rings (SSSR count). The highest BCUT2D eigenvalue weighted by atomic mass is 16.5. The number of rotatable bonds is 6. The molecule has 1 saturated carbocycles. The van der Waals surface area contributed by atoms with Gasteiger partial charge >= 0.3 is 0 Å². The molecular weight excluding hydrogens is 264 g/mol. The van der Waals surface area contributed by atoms with Crippen LogP contribution in [-0.2, 0) is 10.2 Å². The van der Waals surface area contributed by atoms with Crippen LogP contribution in [0.3, 0.4) is 0 Å². The number of hydrogen-bond donors (Lipinski definition) is 1. The molecule has 1 aromatic carbocycles. The van der Waals surface area contributed by atoms with Gasteiger partial charge in [-0.1, -0.05) is 25.0 Å². The van der Waals surface area contributed by atoms with Gasteiger partial charge in [0.25, 0.3) is 0 Å². The van der Waals surface area contributed by atoms with Gasteiger partial charge in [0.05, 0.1) is 12.5 Å². The molecule has 0 radical (unpaired) electrons. The van der Waals surface area contributed by atoms with E-state index in [1.54, 1.807) is 7.11 Å². The second-order valence-electron chi connectivity index (χ2n) is 5.85. The number of amides is 1. The highest BCUT2D eigenvalue weighted by molar-refractivity contribution is 5.88. The molecule has 0 heterocycles. The van der Waals surface area contributed by atoms with Gasteiger partial charge in [-0.05, 0) is 37.6 Å². The molecule has 4 heteroatoms. The van der Waals surface area contributed by atoms with Crippen molar-refractivity contribution >= 4 is 5.91 Å². The van der Waals surface area contributed by atoms with E-state index in [0.717, 1.165) is 50.1 Å². The second-order valence-corrected chi connectivity index (χ2v) is 5.85. The molecule has 1 amide bonds. The first-order valence-corrected chi connectivity index (χ1v) is 7.69. The van der Waals surface area contributed by atoms with Crippen molar-refractivity contribution in [2.24, 2.45) is 0 Å². The number of likely N-dealkylation sites (N-methyl/N-ethyl adjacent to an activating group) is 2. The van der Waals surface area contributed by atoms with Crippen LogP contribution in [-0.4, -0.2) is 45.1 Å². The van der Waals surface area contributed by atoms with Crippen LogP contribution in [0.4, 0.5) is 0 Å². The lowest BCUT2D eigenvalue weighted by Crippen LogP contribution is -2.45. The Morgan fingerprint density at radius 2 is 1.90 bits per heavy atom. The lowest BCUT2D eigenvalue weighted by Gasteiger charge is -2.33. The summed E-state index contributed by atoms with van der Waals surface area (Å²) in [5.74, 6) is 1.09. The van der Waals surface area contributed by atoms with Crippen LogP contribution in [0.2, 0.25) is 0 Å². The van der Waals surface area contributed by atoms with Crippen LogP contribution in [0.5, 0.6) is 5.75 Å². The van der Waals surface area contributed by atoms with Gasteiger partial charge in [-0.25, -0.2) is 0 Å². The van der Waals surface area contributed by atoms with Gasteiger partial charge in [0, 0.05) is 20.1 Å². The van der Waals surface area contributed by atoms with E-state index in [-0.39, 0.29) is 11.3 Å². The fourth-order valence-electron chi connectivity index (χ4n) is 3.26. The quantitative estimate of drug-likeness (QED) is 0.873. The summed E-state index contributed by atoms with van der Waals surface area (Å²) in [6, 6.07) is 8.01. The number of carbonyl (C=O) groups is 1. The molecule has 21 heavy (non-hydrogen) atoms. The molecule has 0 spiro atoms. The van der Waals surface area contributed by atoms with E-state index in [4.69, 9.17) is 4.74 Å². The summed E-state index contributed by atoms with van der Waals surface area (Å²) in [5.41, 5.74) is 0.788. The third-order valence-electron chi connectivity index (χ3n) is 4.55.